The van der Waals surface area contributed by atoms with E-state index in [-0.39, 0.29) is 0 Å². The number of hydrogen-bond acceptors (Lipinski definition) is 12. The van der Waals surface area contributed by atoms with Crippen LogP contribution in [0, 0.1) is 0 Å². The number of nitrogens with zero attached hydrogens (tertiary/aromatic N) is 9. The average molecular weight is 1890 g/mol. The fourth-order valence-corrected chi connectivity index (χ4v) is 19.3. The highest BCUT2D eigenvalue weighted by Gasteiger charge is 2.22. The summed E-state index contributed by atoms with van der Waals surface area (Å²) in [6.45, 7) is 0. The lowest BCUT2D eigenvalue weighted by atomic mass is 9.98. The smallest absolute Gasteiger partial charge is 0.227 e. The monoisotopic (exact) mass is 1880 g/mol. The van der Waals surface area contributed by atoms with Crippen LogP contribution in [0.3, 0.4) is 0 Å². The van der Waals surface area contributed by atoms with E-state index in [2.05, 4.69) is 340 Å². The van der Waals surface area contributed by atoms with Crippen molar-refractivity contribution < 1.29 is 13.3 Å². The summed E-state index contributed by atoms with van der Waals surface area (Å²) < 4.78 is 18.6. The van der Waals surface area contributed by atoms with Crippen molar-refractivity contribution in [2.75, 3.05) is 0 Å². The van der Waals surface area contributed by atoms with Gasteiger partial charge in [-0.1, -0.05) is 400 Å². The van der Waals surface area contributed by atoms with Gasteiger partial charge in [0.1, 0.15) is 16.6 Å². The molecule has 1 aliphatic rings. The highest BCUT2D eigenvalue weighted by Crippen LogP contribution is 2.42. The molecule has 0 N–H and O–H groups in total. The number of oxazole rings is 3. The molecule has 12 heteroatoms. The summed E-state index contributed by atoms with van der Waals surface area (Å²) in [4.78, 5) is 44.9. The van der Waals surface area contributed by atoms with E-state index >= 15 is 0 Å². The molecule has 12 nitrogen and oxygen atoms in total. The molecule has 1 aliphatic carbocycles. The average Bonchev–Trinajstić information content (AvgIpc) is 1.76. The molecule has 692 valence electrons. The number of fused-ring (bicyclic) bond motifs is 6. The Morgan fingerprint density at radius 1 is 0.170 bits per heavy atom. The minimum absolute atomic E-state index is 0.623. The van der Waals surface area contributed by atoms with Crippen LogP contribution >= 0.6 is 0 Å². The van der Waals surface area contributed by atoms with E-state index in [0.29, 0.717) is 35.1 Å². The minimum atomic E-state index is 0.623. The summed E-state index contributed by atoms with van der Waals surface area (Å²) in [6.07, 6.45) is 8.74. The van der Waals surface area contributed by atoms with E-state index in [1.54, 1.807) is 0 Å². The lowest BCUT2D eigenvalue weighted by Gasteiger charge is -2.12. The Kier molecular flexibility index (Phi) is 24.0. The number of hydrogen-bond donors (Lipinski definition) is 0. The molecule has 6 heterocycles. The van der Waals surface area contributed by atoms with Crippen LogP contribution in [0.4, 0.5) is 0 Å². The number of benzene rings is 20. The van der Waals surface area contributed by atoms with Crippen LogP contribution in [0.1, 0.15) is 18.5 Å². The van der Waals surface area contributed by atoms with Crippen LogP contribution < -0.4 is 0 Å². The standard InChI is InChI=1S/C45H29N3O.C45H31N3O.C45H29N3O/c1-4-11-30(12-5-1)31-19-21-33(22-20-31)41-29-40(32-13-6-2-7-14-32)46-44(47-41)38-26-24-35-27-37(25-23-36(35)28-38)39-17-10-18-42-43(39)48-45(49-42)34-15-8-3-9-16-34;1-4-11-30(12-5-1)31-19-21-33(22-20-31)42-29-41(32-13-6-2-7-14-32)46-44(47-42)38-26-24-35-27-37(25-23-36(35)28-38)39-17-10-18-40-43(39)49-45(48-40)34-15-8-3-9-16-34;1-4-10-30(11-5-1)31-16-18-33(19-17-31)42-29-41(32-12-6-2-7-13-32)46-44(47-42)39-23-22-35-26-36(20-21-37(35)27-39)38-24-25-40-43(28-38)49-45(48-40)34-14-8-3-9-15-34/h1-29H;1,3-6,8-29H,2,7H2;1-29H. The molecular weight excluding hydrogens is 1800 g/mol. The van der Waals surface area contributed by atoms with Crippen LogP contribution in [-0.2, 0) is 0 Å². The van der Waals surface area contributed by atoms with Gasteiger partial charge in [-0.15, -0.1) is 0 Å². The zero-order valence-electron chi connectivity index (χ0n) is 79.7. The molecule has 147 heavy (non-hydrogen) atoms. The van der Waals surface area contributed by atoms with Gasteiger partial charge in [0.25, 0.3) is 0 Å². The Morgan fingerprint density at radius 3 is 0.884 bits per heavy atom. The zero-order valence-corrected chi connectivity index (χ0v) is 79.7. The summed E-state index contributed by atoms with van der Waals surface area (Å²) in [5.41, 5.74) is 36.0. The van der Waals surface area contributed by atoms with E-state index in [4.69, 9.17) is 58.1 Å². The van der Waals surface area contributed by atoms with Gasteiger partial charge in [-0.25, -0.2) is 44.9 Å². The first-order valence-corrected chi connectivity index (χ1v) is 49.4. The minimum Gasteiger partial charge on any atom is -0.436 e. The van der Waals surface area contributed by atoms with Gasteiger partial charge in [0.05, 0.1) is 34.2 Å². The first-order valence-electron chi connectivity index (χ1n) is 49.4. The van der Waals surface area contributed by atoms with Gasteiger partial charge in [0.2, 0.25) is 17.7 Å². The van der Waals surface area contributed by atoms with Crippen LogP contribution in [0.15, 0.2) is 529 Å². The molecule has 0 fully saturated rings. The van der Waals surface area contributed by atoms with Crippen molar-refractivity contribution in [3.05, 3.63) is 521 Å². The van der Waals surface area contributed by atoms with E-state index in [9.17, 15) is 0 Å². The maximum atomic E-state index is 6.33. The summed E-state index contributed by atoms with van der Waals surface area (Å²) in [5.74, 6) is 3.98. The van der Waals surface area contributed by atoms with Gasteiger partial charge in [0, 0.05) is 72.3 Å². The van der Waals surface area contributed by atoms with E-state index < -0.39 is 0 Å². The molecule has 0 amide bonds. The fourth-order valence-electron chi connectivity index (χ4n) is 19.3. The quantitative estimate of drug-likeness (QED) is 0.0803. The van der Waals surface area contributed by atoms with Gasteiger partial charge in [0.15, 0.2) is 34.2 Å². The lowest BCUT2D eigenvalue weighted by Crippen LogP contribution is -1.99. The van der Waals surface area contributed by atoms with E-state index in [1.165, 1.54) is 33.4 Å². The third-order valence-corrected chi connectivity index (χ3v) is 27.0. The molecule has 0 saturated heterocycles. The van der Waals surface area contributed by atoms with Crippen LogP contribution in [-0.4, -0.2) is 44.9 Å². The molecule has 0 atom stereocenters. The second kappa shape index (κ2) is 39.8. The first kappa shape index (κ1) is 88.7. The number of allylic oxidation sites excluding steroid dienone is 4. The van der Waals surface area contributed by atoms with Gasteiger partial charge >= 0.3 is 0 Å². The second-order valence-corrected chi connectivity index (χ2v) is 36.6. The van der Waals surface area contributed by atoms with Crippen molar-refractivity contribution in [3.63, 3.8) is 0 Å². The Morgan fingerprint density at radius 2 is 0.463 bits per heavy atom. The maximum absolute atomic E-state index is 6.33. The predicted octanol–water partition coefficient (Wildman–Crippen LogP) is 35.4. The number of aromatic nitrogens is 9. The topological polar surface area (TPSA) is 155 Å². The Hall–Kier alpha value is -19.7. The van der Waals surface area contributed by atoms with Crippen molar-refractivity contribution in [1.82, 2.24) is 44.9 Å². The molecule has 0 bridgehead atoms. The van der Waals surface area contributed by atoms with Crippen LogP contribution in [0.5, 0.6) is 0 Å². The normalized spacial score (nSPS) is 11.8. The summed E-state index contributed by atoms with van der Waals surface area (Å²) >= 11 is 0. The van der Waals surface area contributed by atoms with Gasteiger partial charge in [-0.05, 0) is 222 Å². The molecule has 0 saturated carbocycles. The Labute approximate surface area is 849 Å². The van der Waals surface area contributed by atoms with E-state index in [1.807, 2.05) is 176 Å². The third kappa shape index (κ3) is 18.9. The molecule has 0 unspecified atom stereocenters. The van der Waals surface area contributed by atoms with Crippen molar-refractivity contribution in [1.29, 1.82) is 0 Å². The molecule has 27 rings (SSSR count). The fraction of sp³-hybridized carbons (Fsp3) is 0.0148. The van der Waals surface area contributed by atoms with Gasteiger partial charge in [-0.2, -0.15) is 0 Å². The van der Waals surface area contributed by atoms with Gasteiger partial charge < -0.3 is 13.3 Å². The van der Waals surface area contributed by atoms with Crippen molar-refractivity contribution in [2.24, 2.45) is 0 Å². The highest BCUT2D eigenvalue weighted by atomic mass is 16.4. The Bertz CT molecular complexity index is 9410. The van der Waals surface area contributed by atoms with Crippen molar-refractivity contribution in [2.45, 2.75) is 12.8 Å². The molecule has 0 radical (unpaired) electrons. The SMILES string of the molecule is C1=CC(c2cc(-c3ccc(-c4ccccc4)cc3)nc(-c3ccc4cc(-c5cccc6nc(-c7ccccc7)oc56)ccc4c3)n2)=CCC1.c1ccc(-c2ccc(-c3cc(-c4ccccc4)nc(-c4ccc5cc(-c6ccc7nc(-c8ccccc8)oc7c6)ccc5c4)n3)cc2)cc1.c1ccc(-c2ccc(-c3cc(-c4ccccc4)nc(-c4ccc5cc(-c6cccc7oc(-c8ccccc8)nc67)ccc5c4)n3)cc2)cc1. The van der Waals surface area contributed by atoms with Crippen LogP contribution in [0.2, 0.25) is 0 Å². The summed E-state index contributed by atoms with van der Waals surface area (Å²) in [6, 6.07) is 171. The molecule has 20 aromatic carbocycles. The number of para-hydroxylation sites is 2. The van der Waals surface area contributed by atoms with Crippen LogP contribution in [0.25, 0.3) is 263 Å². The van der Waals surface area contributed by atoms with Crippen molar-refractivity contribution in [3.8, 4) is 192 Å². The highest BCUT2D eigenvalue weighted by molar-refractivity contribution is 6.00. The molecule has 6 aromatic heterocycles. The summed E-state index contributed by atoms with van der Waals surface area (Å²) in [7, 11) is 0. The van der Waals surface area contributed by atoms with Crippen molar-refractivity contribution >= 4 is 71.2 Å². The molecule has 26 aromatic rings. The second-order valence-electron chi connectivity index (χ2n) is 36.6. The van der Waals surface area contributed by atoms with Gasteiger partial charge in [-0.3, -0.25) is 0 Å². The predicted molar refractivity (Wildman–Crippen MR) is 600 cm³/mol. The Balaban J connectivity index is 0.000000115. The van der Waals surface area contributed by atoms with E-state index in [0.717, 1.165) is 213 Å². The largest absolute Gasteiger partial charge is 0.436 e. The maximum Gasteiger partial charge on any atom is 0.227 e. The number of rotatable bonds is 18. The lowest BCUT2D eigenvalue weighted by molar-refractivity contribution is 0.619. The molecule has 0 aliphatic heterocycles. The molecular formula is C135H89N9O3. The zero-order chi connectivity index (χ0) is 97.7. The summed E-state index contributed by atoms with van der Waals surface area (Å²) in [5, 5.41) is 6.75. The first-order chi connectivity index (χ1) is 72.7. The third-order valence-electron chi connectivity index (χ3n) is 27.0. The molecule has 0 spiro atoms.